The third-order valence-corrected chi connectivity index (χ3v) is 8.78. The number of nitrogens with zero attached hydrogens (tertiary/aromatic N) is 2. The van der Waals surface area contributed by atoms with Gasteiger partial charge in [-0.25, -0.2) is 0 Å². The summed E-state index contributed by atoms with van der Waals surface area (Å²) in [5.74, 6) is -3.01. The summed E-state index contributed by atoms with van der Waals surface area (Å²) in [6, 6.07) is 3.68. The number of benzene rings is 1. The number of halogens is 2. The summed E-state index contributed by atoms with van der Waals surface area (Å²) in [4.78, 5) is 44.3. The summed E-state index contributed by atoms with van der Waals surface area (Å²) in [7, 11) is 0. The Morgan fingerprint density at radius 1 is 1.44 bits per heavy atom. The number of anilines is 1. The fraction of sp³-hybridized carbons (Fsp3) is 0.577. The smallest absolute Gasteiger partial charge is 0.312 e. The van der Waals surface area contributed by atoms with Crippen LogP contribution in [0.3, 0.4) is 0 Å². The molecule has 3 fully saturated rings. The second kappa shape index (κ2) is 10.4. The van der Waals surface area contributed by atoms with Crippen molar-refractivity contribution in [3.8, 4) is 0 Å². The predicted molar refractivity (Wildman–Crippen MR) is 139 cm³/mol. The summed E-state index contributed by atoms with van der Waals surface area (Å²) < 4.78 is 11.8. The van der Waals surface area contributed by atoms with Crippen LogP contribution in [0.25, 0.3) is 0 Å². The summed E-state index contributed by atoms with van der Waals surface area (Å²) in [6.45, 7) is 9.22. The van der Waals surface area contributed by atoms with Gasteiger partial charge in [-0.15, -0.1) is 6.58 Å². The van der Waals surface area contributed by atoms with E-state index in [2.05, 4.69) is 22.5 Å². The van der Waals surface area contributed by atoms with Crippen molar-refractivity contribution in [1.29, 1.82) is 0 Å². The number of carbonyl (C=O) groups is 3. The number of aliphatic hydroxyl groups is 1. The number of aliphatic hydroxyl groups excluding tert-OH is 1. The van der Waals surface area contributed by atoms with Crippen LogP contribution in [-0.2, 0) is 23.9 Å². The standard InChI is InChI=1S/C26H32BrClN2O6/c1-5-11-29(20-14(4)9-8-10-17(20)28)24(33)22-26-12-16(27)21(36-26)18(25(34)35-7-3)19(26)23(32)30(22)15(6-2)13-31/h5,8-10,15-16,18-19,21-22,31H,1,6-7,11-13H2,2-4H3/t15-,16?,18+,19-,21+,22?,26?/m0/s1. The number of likely N-dealkylation sites (tertiary alicyclic amines) is 1. The van der Waals surface area contributed by atoms with Crippen LogP contribution in [0.4, 0.5) is 5.69 Å². The highest BCUT2D eigenvalue weighted by atomic mass is 79.9. The number of fused-ring (bicyclic) bond motifs is 1. The van der Waals surface area contributed by atoms with Gasteiger partial charge >= 0.3 is 5.97 Å². The number of amides is 2. The zero-order valence-electron chi connectivity index (χ0n) is 20.7. The van der Waals surface area contributed by atoms with E-state index in [9.17, 15) is 19.5 Å². The molecule has 1 spiro atoms. The zero-order chi connectivity index (χ0) is 26.4. The highest BCUT2D eigenvalue weighted by Gasteiger charge is 2.77. The summed E-state index contributed by atoms with van der Waals surface area (Å²) >= 11 is 10.2. The van der Waals surface area contributed by atoms with Gasteiger partial charge in [0.15, 0.2) is 0 Å². The van der Waals surface area contributed by atoms with E-state index in [0.29, 0.717) is 23.6 Å². The van der Waals surface area contributed by atoms with Crippen molar-refractivity contribution < 1.29 is 29.0 Å². The van der Waals surface area contributed by atoms with Gasteiger partial charge in [-0.2, -0.15) is 0 Å². The molecule has 0 radical (unpaired) electrons. The average molecular weight is 584 g/mol. The van der Waals surface area contributed by atoms with E-state index in [-0.39, 0.29) is 30.5 Å². The number of hydrogen-bond acceptors (Lipinski definition) is 6. The molecule has 196 valence electrons. The van der Waals surface area contributed by atoms with Crippen molar-refractivity contribution >= 4 is 51.0 Å². The molecule has 7 atom stereocenters. The van der Waals surface area contributed by atoms with Gasteiger partial charge in [-0.3, -0.25) is 14.4 Å². The molecule has 3 unspecified atom stereocenters. The predicted octanol–water partition coefficient (Wildman–Crippen LogP) is 3.25. The van der Waals surface area contributed by atoms with Crippen LogP contribution in [0, 0.1) is 18.8 Å². The summed E-state index contributed by atoms with van der Waals surface area (Å²) in [6.07, 6.45) is 1.79. The molecular weight excluding hydrogens is 552 g/mol. The van der Waals surface area contributed by atoms with Crippen molar-refractivity contribution in [2.24, 2.45) is 11.8 Å². The Hall–Kier alpha value is -1.94. The number of aryl methyl sites for hydroxylation is 1. The first-order valence-corrected chi connectivity index (χ1v) is 13.6. The number of ether oxygens (including phenoxy) is 2. The molecule has 8 nitrogen and oxygen atoms in total. The normalized spacial score (nSPS) is 31.3. The van der Waals surface area contributed by atoms with Gasteiger partial charge in [0, 0.05) is 11.4 Å². The van der Waals surface area contributed by atoms with Crippen LogP contribution in [0.2, 0.25) is 5.02 Å². The molecule has 2 bridgehead atoms. The molecule has 3 aliphatic heterocycles. The Balaban J connectivity index is 1.87. The lowest BCUT2D eigenvalue weighted by atomic mass is 9.70. The van der Waals surface area contributed by atoms with Gasteiger partial charge in [-0.1, -0.05) is 52.7 Å². The SMILES string of the molecule is C=CCN(C(=O)C1N([C@@H](CC)CO)C(=O)[C@@H]2[C@@H](C(=O)OCC)[C@@H]3OC12CC3Br)c1c(C)cccc1Cl. The number of alkyl halides is 1. The van der Waals surface area contributed by atoms with Crippen molar-refractivity contribution in [3.63, 3.8) is 0 Å². The minimum Gasteiger partial charge on any atom is -0.466 e. The first kappa shape index (κ1) is 27.1. The third-order valence-electron chi connectivity index (χ3n) is 7.63. The zero-order valence-corrected chi connectivity index (χ0v) is 23.0. The van der Waals surface area contributed by atoms with Crippen LogP contribution in [0.1, 0.15) is 32.3 Å². The van der Waals surface area contributed by atoms with E-state index in [4.69, 9.17) is 21.1 Å². The van der Waals surface area contributed by atoms with Crippen molar-refractivity contribution in [2.75, 3.05) is 24.7 Å². The molecule has 1 N–H and O–H groups in total. The maximum absolute atomic E-state index is 14.5. The molecule has 3 saturated heterocycles. The Labute approximate surface area is 224 Å². The molecule has 0 saturated carbocycles. The Morgan fingerprint density at radius 2 is 2.17 bits per heavy atom. The second-order valence-electron chi connectivity index (χ2n) is 9.55. The molecule has 4 rings (SSSR count). The van der Waals surface area contributed by atoms with Crippen molar-refractivity contribution in [1.82, 2.24) is 4.90 Å². The van der Waals surface area contributed by atoms with E-state index < -0.39 is 47.5 Å². The number of rotatable bonds is 9. The minimum atomic E-state index is -1.25. The van der Waals surface area contributed by atoms with E-state index in [1.807, 2.05) is 19.9 Å². The first-order valence-electron chi connectivity index (χ1n) is 12.3. The molecule has 10 heteroatoms. The van der Waals surface area contributed by atoms with Gasteiger partial charge in [0.05, 0.1) is 47.9 Å². The highest BCUT2D eigenvalue weighted by molar-refractivity contribution is 9.09. The van der Waals surface area contributed by atoms with Gasteiger partial charge in [0.25, 0.3) is 5.91 Å². The van der Waals surface area contributed by atoms with Gasteiger partial charge < -0.3 is 24.4 Å². The average Bonchev–Trinajstić information content (AvgIpc) is 3.43. The van der Waals surface area contributed by atoms with E-state index in [0.717, 1.165) is 5.56 Å². The molecule has 0 aliphatic carbocycles. The lowest BCUT2D eigenvalue weighted by Crippen LogP contribution is -2.59. The molecular formula is C26H32BrClN2O6. The van der Waals surface area contributed by atoms with E-state index >= 15 is 0 Å². The lowest BCUT2D eigenvalue weighted by Gasteiger charge is -2.39. The number of hydrogen-bond donors (Lipinski definition) is 1. The molecule has 0 aromatic heterocycles. The molecule has 3 heterocycles. The second-order valence-corrected chi connectivity index (χ2v) is 11.1. The van der Waals surface area contributed by atoms with E-state index in [1.165, 1.54) is 9.80 Å². The number of esters is 1. The maximum Gasteiger partial charge on any atom is 0.312 e. The topological polar surface area (TPSA) is 96.4 Å². The summed E-state index contributed by atoms with van der Waals surface area (Å²) in [5.41, 5.74) is 0.0659. The van der Waals surface area contributed by atoms with Crippen LogP contribution in [0.15, 0.2) is 30.9 Å². The molecule has 36 heavy (non-hydrogen) atoms. The van der Waals surface area contributed by atoms with Crippen LogP contribution < -0.4 is 4.90 Å². The minimum absolute atomic E-state index is 0.154. The fourth-order valence-corrected chi connectivity index (χ4v) is 7.46. The fourth-order valence-electron chi connectivity index (χ4n) is 6.19. The van der Waals surface area contributed by atoms with Crippen LogP contribution in [-0.4, -0.2) is 76.2 Å². The van der Waals surface area contributed by atoms with Crippen molar-refractivity contribution in [2.45, 2.75) is 62.2 Å². The van der Waals surface area contributed by atoms with E-state index in [1.54, 1.807) is 25.1 Å². The van der Waals surface area contributed by atoms with Gasteiger partial charge in [0.1, 0.15) is 11.6 Å². The molecule has 1 aromatic rings. The first-order chi connectivity index (χ1) is 17.2. The third kappa shape index (κ3) is 3.99. The monoisotopic (exact) mass is 582 g/mol. The van der Waals surface area contributed by atoms with Crippen LogP contribution >= 0.6 is 27.5 Å². The van der Waals surface area contributed by atoms with Gasteiger partial charge in [0.2, 0.25) is 5.91 Å². The lowest BCUT2D eigenvalue weighted by molar-refractivity contribution is -0.155. The largest absolute Gasteiger partial charge is 0.466 e. The quantitative estimate of drug-likeness (QED) is 0.272. The Morgan fingerprint density at radius 3 is 2.75 bits per heavy atom. The molecule has 2 amide bonds. The number of carbonyl (C=O) groups excluding carboxylic acids is 3. The van der Waals surface area contributed by atoms with Crippen molar-refractivity contribution in [3.05, 3.63) is 41.4 Å². The summed E-state index contributed by atoms with van der Waals surface area (Å²) in [5, 5.41) is 10.6. The maximum atomic E-state index is 14.5. The Kier molecular flexibility index (Phi) is 7.86. The molecule has 3 aliphatic rings. The molecule has 1 aromatic carbocycles. The van der Waals surface area contributed by atoms with Crippen LogP contribution in [0.5, 0.6) is 0 Å². The number of para-hydroxylation sites is 1. The Bertz CT molecular complexity index is 1040. The highest BCUT2D eigenvalue weighted by Crippen LogP contribution is 2.61. The van der Waals surface area contributed by atoms with Gasteiger partial charge in [-0.05, 0) is 38.3 Å².